The van der Waals surface area contributed by atoms with Crippen molar-refractivity contribution in [1.29, 1.82) is 0 Å². The number of ether oxygens (including phenoxy) is 2. The van der Waals surface area contributed by atoms with Gasteiger partial charge in [0.25, 0.3) is 0 Å². The zero-order chi connectivity index (χ0) is 11.1. The summed E-state index contributed by atoms with van der Waals surface area (Å²) in [6.07, 6.45) is 0. The Bertz CT molecular complexity index is 232. The molecule has 0 aliphatic rings. The minimum atomic E-state index is -0.487. The third-order valence-corrected chi connectivity index (χ3v) is 2.61. The fraction of sp³-hybridized carbons (Fsp3) is 0.556. The molecule has 4 nitrogen and oxygen atoms in total. The van der Waals surface area contributed by atoms with Gasteiger partial charge in [0.05, 0.1) is 18.8 Å². The van der Waals surface area contributed by atoms with Crippen LogP contribution < -0.4 is 0 Å². The van der Waals surface area contributed by atoms with Crippen LogP contribution in [0.5, 0.6) is 0 Å². The predicted octanol–water partition coefficient (Wildman–Crippen LogP) is 1.82. The highest BCUT2D eigenvalue weighted by Gasteiger charge is 2.16. The normalized spacial score (nSPS) is 11.7. The number of hydrogen-bond acceptors (Lipinski definition) is 4. The van der Waals surface area contributed by atoms with Crippen LogP contribution in [0.25, 0.3) is 0 Å². The van der Waals surface area contributed by atoms with Crippen LogP contribution in [-0.4, -0.2) is 25.2 Å². The van der Waals surface area contributed by atoms with Gasteiger partial charge in [-0.3, -0.25) is 0 Å². The number of carbonyl (C=O) groups excluding carboxylic acids is 2. The Morgan fingerprint density at radius 2 is 1.50 bits per heavy atom. The number of esters is 2. The first-order valence-corrected chi connectivity index (χ1v) is 5.33. The molecule has 0 aromatic rings. The molecule has 0 aromatic carbocycles. The zero-order valence-corrected chi connectivity index (χ0v) is 10.6. The molecule has 0 amide bonds. The first-order valence-electron chi connectivity index (χ1n) is 4.25. The smallest absolute Gasteiger partial charge is 0.344 e. The predicted molar refractivity (Wildman–Crippen MR) is 60.0 cm³/mol. The molecule has 0 N–H and O–H groups in total. The van der Waals surface area contributed by atoms with E-state index in [9.17, 15) is 9.59 Å². The largest absolute Gasteiger partial charge is 0.463 e. The number of rotatable bonds is 4. The van der Waals surface area contributed by atoms with Crippen LogP contribution in [0.2, 0.25) is 0 Å². The Labute approximate surface area is 96.8 Å². The third-order valence-electron chi connectivity index (χ3n) is 1.37. The third kappa shape index (κ3) is 4.08. The standard InChI is InChI=1S/C9H13IO4/c1-4-13-8(11)6(3)7(10)9(12)14-5-2/h4-5H2,1-3H3/b7-6+. The summed E-state index contributed by atoms with van der Waals surface area (Å²) in [5.74, 6) is -0.969. The number of hydrogen-bond donors (Lipinski definition) is 0. The van der Waals surface area contributed by atoms with E-state index in [0.717, 1.165) is 0 Å². The SMILES string of the molecule is CCOC(=O)/C(C)=C(/I)C(=O)OCC. The quantitative estimate of drug-likeness (QED) is 0.451. The highest BCUT2D eigenvalue weighted by Crippen LogP contribution is 2.15. The topological polar surface area (TPSA) is 52.6 Å². The second-order valence-electron chi connectivity index (χ2n) is 2.38. The van der Waals surface area contributed by atoms with Crippen LogP contribution in [-0.2, 0) is 19.1 Å². The van der Waals surface area contributed by atoms with Gasteiger partial charge >= 0.3 is 11.9 Å². The lowest BCUT2D eigenvalue weighted by Crippen LogP contribution is -2.11. The van der Waals surface area contributed by atoms with Crippen molar-refractivity contribution in [3.63, 3.8) is 0 Å². The Morgan fingerprint density at radius 1 is 1.07 bits per heavy atom. The van der Waals surface area contributed by atoms with E-state index in [1.54, 1.807) is 36.4 Å². The first kappa shape index (κ1) is 13.4. The van der Waals surface area contributed by atoms with Crippen molar-refractivity contribution in [3.05, 3.63) is 9.15 Å². The van der Waals surface area contributed by atoms with Crippen LogP contribution in [0.15, 0.2) is 9.15 Å². The minimum Gasteiger partial charge on any atom is -0.463 e. The van der Waals surface area contributed by atoms with Crippen molar-refractivity contribution in [1.82, 2.24) is 0 Å². The van der Waals surface area contributed by atoms with Crippen LogP contribution in [0.4, 0.5) is 0 Å². The fourth-order valence-electron chi connectivity index (χ4n) is 0.677. The van der Waals surface area contributed by atoms with Gasteiger partial charge in [0.2, 0.25) is 0 Å². The van der Waals surface area contributed by atoms with Crippen molar-refractivity contribution in [2.24, 2.45) is 0 Å². The maximum absolute atomic E-state index is 11.2. The average Bonchev–Trinajstić information content (AvgIpc) is 2.16. The lowest BCUT2D eigenvalue weighted by Gasteiger charge is -2.05. The lowest BCUT2D eigenvalue weighted by molar-refractivity contribution is -0.141. The van der Waals surface area contributed by atoms with Crippen molar-refractivity contribution in [3.8, 4) is 0 Å². The molecule has 0 saturated heterocycles. The summed E-state index contributed by atoms with van der Waals surface area (Å²) in [5.41, 5.74) is 0.283. The Morgan fingerprint density at radius 3 is 1.93 bits per heavy atom. The van der Waals surface area contributed by atoms with Crippen LogP contribution in [0.1, 0.15) is 20.8 Å². The van der Waals surface area contributed by atoms with Gasteiger partial charge in [0.1, 0.15) is 3.58 Å². The van der Waals surface area contributed by atoms with E-state index in [1.807, 2.05) is 0 Å². The minimum absolute atomic E-state index is 0.267. The van der Waals surface area contributed by atoms with E-state index in [1.165, 1.54) is 6.92 Å². The molecule has 0 aliphatic carbocycles. The first-order chi connectivity index (χ1) is 6.54. The van der Waals surface area contributed by atoms with Crippen LogP contribution in [0.3, 0.4) is 0 Å². The molecule has 0 fully saturated rings. The van der Waals surface area contributed by atoms with E-state index < -0.39 is 11.9 Å². The molecule has 0 atom stereocenters. The lowest BCUT2D eigenvalue weighted by atomic mass is 10.3. The van der Waals surface area contributed by atoms with Gasteiger partial charge in [-0.25, -0.2) is 9.59 Å². The monoisotopic (exact) mass is 312 g/mol. The molecule has 14 heavy (non-hydrogen) atoms. The van der Waals surface area contributed by atoms with E-state index in [-0.39, 0.29) is 9.15 Å². The molecule has 0 spiro atoms. The van der Waals surface area contributed by atoms with Crippen molar-refractivity contribution < 1.29 is 19.1 Å². The molecule has 0 radical (unpaired) electrons. The van der Waals surface area contributed by atoms with Gasteiger partial charge in [-0.2, -0.15) is 0 Å². The Kier molecular flexibility index (Phi) is 6.52. The molecule has 0 unspecified atom stereocenters. The molecule has 0 heterocycles. The molecular formula is C9H13IO4. The van der Waals surface area contributed by atoms with E-state index >= 15 is 0 Å². The van der Waals surface area contributed by atoms with Gasteiger partial charge in [0, 0.05) is 0 Å². The molecule has 5 heteroatoms. The summed E-state index contributed by atoms with van der Waals surface area (Å²) < 4.78 is 9.75. The van der Waals surface area contributed by atoms with Gasteiger partial charge in [0.15, 0.2) is 0 Å². The summed E-state index contributed by atoms with van der Waals surface area (Å²) in [5, 5.41) is 0. The van der Waals surface area contributed by atoms with Crippen molar-refractivity contribution >= 4 is 34.5 Å². The molecular weight excluding hydrogens is 299 g/mol. The zero-order valence-electron chi connectivity index (χ0n) is 8.43. The van der Waals surface area contributed by atoms with Gasteiger partial charge in [-0.1, -0.05) is 0 Å². The Hall–Kier alpha value is -0.590. The highest BCUT2D eigenvalue weighted by molar-refractivity contribution is 14.1. The summed E-state index contributed by atoms with van der Waals surface area (Å²) in [6, 6.07) is 0. The van der Waals surface area contributed by atoms with Gasteiger partial charge in [-0.15, -0.1) is 0 Å². The second-order valence-corrected chi connectivity index (χ2v) is 3.46. The molecule has 0 saturated carbocycles. The summed E-state index contributed by atoms with van der Waals surface area (Å²) in [7, 11) is 0. The summed E-state index contributed by atoms with van der Waals surface area (Å²) in [6.45, 7) is 5.55. The number of carbonyl (C=O) groups is 2. The highest BCUT2D eigenvalue weighted by atomic mass is 127. The van der Waals surface area contributed by atoms with Crippen LogP contribution in [0, 0.1) is 0 Å². The fourth-order valence-corrected chi connectivity index (χ4v) is 1.05. The molecule has 80 valence electrons. The average molecular weight is 312 g/mol. The van der Waals surface area contributed by atoms with Crippen molar-refractivity contribution in [2.75, 3.05) is 13.2 Å². The van der Waals surface area contributed by atoms with E-state index in [0.29, 0.717) is 13.2 Å². The molecule has 0 aromatic heterocycles. The van der Waals surface area contributed by atoms with Crippen LogP contribution >= 0.6 is 22.6 Å². The summed E-state index contributed by atoms with van der Waals surface area (Å²) in [4.78, 5) is 22.4. The second kappa shape index (κ2) is 6.80. The molecule has 0 bridgehead atoms. The number of halogens is 1. The Balaban J connectivity index is 4.57. The molecule has 0 rings (SSSR count). The molecule has 0 aliphatic heterocycles. The van der Waals surface area contributed by atoms with E-state index in [2.05, 4.69) is 0 Å². The summed E-state index contributed by atoms with van der Waals surface area (Å²) >= 11 is 1.78. The van der Waals surface area contributed by atoms with Gasteiger partial charge < -0.3 is 9.47 Å². The van der Waals surface area contributed by atoms with Crippen molar-refractivity contribution in [2.45, 2.75) is 20.8 Å². The maximum Gasteiger partial charge on any atom is 0.344 e. The van der Waals surface area contributed by atoms with Gasteiger partial charge in [-0.05, 0) is 43.4 Å². The maximum atomic E-state index is 11.2. The van der Waals surface area contributed by atoms with E-state index in [4.69, 9.17) is 9.47 Å².